The van der Waals surface area contributed by atoms with Gasteiger partial charge in [-0.1, -0.05) is 42.0 Å². The van der Waals surface area contributed by atoms with Gasteiger partial charge in [0.05, 0.1) is 5.56 Å². The summed E-state index contributed by atoms with van der Waals surface area (Å²) in [4.78, 5) is 23.4. The van der Waals surface area contributed by atoms with Gasteiger partial charge in [-0.05, 0) is 43.7 Å². The van der Waals surface area contributed by atoms with Gasteiger partial charge in [0.25, 0.3) is 0 Å². The number of hydrogen-bond donors (Lipinski definition) is 1. The summed E-state index contributed by atoms with van der Waals surface area (Å²) in [5.41, 5.74) is 2.29. The monoisotopic (exact) mass is 366 g/mol. The molecule has 0 aliphatic rings. The van der Waals surface area contributed by atoms with Gasteiger partial charge in [0.1, 0.15) is 18.1 Å². The second-order valence-corrected chi connectivity index (χ2v) is 6.04. The van der Waals surface area contributed by atoms with Gasteiger partial charge < -0.3 is 14.6 Å². The average molecular weight is 366 g/mol. The Balaban J connectivity index is 2.21. The molecule has 0 aliphatic carbocycles. The number of carbonyl (C=O) groups excluding carboxylic acids is 1. The second kappa shape index (κ2) is 9.97. The quantitative estimate of drug-likeness (QED) is 0.405. The molecule has 1 N–H and O–H groups in total. The summed E-state index contributed by atoms with van der Waals surface area (Å²) in [5, 5.41) is 8.87. The number of ether oxygens (including phenoxy) is 2. The molecule has 0 bridgehead atoms. The zero-order chi connectivity index (χ0) is 19.6. The van der Waals surface area contributed by atoms with E-state index in [0.717, 1.165) is 11.1 Å². The summed E-state index contributed by atoms with van der Waals surface area (Å²) in [6.45, 7) is 3.76. The number of hydrogen-bond acceptors (Lipinski definition) is 4. The first kappa shape index (κ1) is 20.0. The highest BCUT2D eigenvalue weighted by Gasteiger charge is 2.13. The van der Waals surface area contributed by atoms with E-state index in [2.05, 4.69) is 0 Å². The van der Waals surface area contributed by atoms with Gasteiger partial charge in [-0.25, -0.2) is 4.79 Å². The van der Waals surface area contributed by atoms with Crippen LogP contribution in [0, 0.1) is 0 Å². The van der Waals surface area contributed by atoms with Crippen LogP contribution in [0.4, 0.5) is 0 Å². The first-order chi connectivity index (χ1) is 13.0. The summed E-state index contributed by atoms with van der Waals surface area (Å²) in [5.74, 6) is -0.731. The fraction of sp³-hybridized carbons (Fsp3) is 0.182. The van der Waals surface area contributed by atoms with Crippen LogP contribution >= 0.6 is 0 Å². The molecule has 140 valence electrons. The summed E-state index contributed by atoms with van der Waals surface area (Å²) >= 11 is 0. The molecule has 0 aromatic heterocycles. The van der Waals surface area contributed by atoms with E-state index in [4.69, 9.17) is 14.6 Å². The maximum Gasteiger partial charge on any atom is 0.341 e. The molecule has 2 aromatic carbocycles. The zero-order valence-corrected chi connectivity index (χ0v) is 15.3. The first-order valence-electron chi connectivity index (χ1n) is 8.48. The van der Waals surface area contributed by atoms with Gasteiger partial charge >= 0.3 is 5.97 Å². The molecule has 0 amide bonds. The van der Waals surface area contributed by atoms with Crippen molar-refractivity contribution < 1.29 is 24.2 Å². The normalized spacial score (nSPS) is 10.4. The van der Waals surface area contributed by atoms with Crippen LogP contribution < -0.4 is 9.47 Å². The highest BCUT2D eigenvalue weighted by Crippen LogP contribution is 2.26. The molecule has 0 radical (unpaired) electrons. The van der Waals surface area contributed by atoms with Crippen molar-refractivity contribution in [1.82, 2.24) is 0 Å². The number of ketones is 1. The number of carboxylic acid groups (broad SMARTS) is 1. The second-order valence-electron chi connectivity index (χ2n) is 6.04. The van der Waals surface area contributed by atoms with Crippen LogP contribution in [-0.4, -0.2) is 30.1 Å². The summed E-state index contributed by atoms with van der Waals surface area (Å²) in [6, 6.07) is 14.2. The molecule has 0 saturated heterocycles. The predicted octanol–water partition coefficient (Wildman–Crippen LogP) is 4.39. The highest BCUT2D eigenvalue weighted by atomic mass is 16.5. The van der Waals surface area contributed by atoms with Gasteiger partial charge in [0.15, 0.2) is 12.4 Å². The van der Waals surface area contributed by atoms with E-state index in [1.165, 1.54) is 12.1 Å². The molecule has 5 nitrogen and oxygen atoms in total. The van der Waals surface area contributed by atoms with E-state index in [1.54, 1.807) is 18.2 Å². The third-order valence-corrected chi connectivity index (χ3v) is 3.54. The molecule has 2 aromatic rings. The van der Waals surface area contributed by atoms with Crippen LogP contribution in [0.25, 0.3) is 6.08 Å². The molecule has 0 heterocycles. The van der Waals surface area contributed by atoms with Crippen molar-refractivity contribution >= 4 is 17.8 Å². The van der Waals surface area contributed by atoms with Crippen LogP contribution in [0.1, 0.15) is 29.8 Å². The van der Waals surface area contributed by atoms with Crippen molar-refractivity contribution in [1.29, 1.82) is 0 Å². The minimum atomic E-state index is -1.12. The Labute approximate surface area is 158 Å². The summed E-state index contributed by atoms with van der Waals surface area (Å²) in [7, 11) is 0. The lowest BCUT2D eigenvalue weighted by atomic mass is 10.1. The minimum Gasteiger partial charge on any atom is -0.489 e. The smallest absolute Gasteiger partial charge is 0.341 e. The van der Waals surface area contributed by atoms with Crippen LogP contribution in [0.5, 0.6) is 11.5 Å². The standard InChI is InChI=1S/C22H22O5/c1-16(2)12-13-26-18-9-10-19(21(14-18)27-15-22(24)25)20(23)11-8-17-6-4-3-5-7-17/h3-12,14H,13,15H2,1-2H3,(H,24,25). The Morgan fingerprint density at radius 3 is 2.44 bits per heavy atom. The number of allylic oxidation sites excluding steroid dienone is 2. The third kappa shape index (κ3) is 6.82. The van der Waals surface area contributed by atoms with E-state index in [9.17, 15) is 9.59 Å². The Hall–Kier alpha value is -3.34. The molecule has 0 aliphatic heterocycles. The lowest BCUT2D eigenvalue weighted by molar-refractivity contribution is -0.139. The van der Waals surface area contributed by atoms with E-state index in [-0.39, 0.29) is 17.1 Å². The van der Waals surface area contributed by atoms with Gasteiger partial charge in [-0.15, -0.1) is 0 Å². The molecule has 2 rings (SSSR count). The van der Waals surface area contributed by atoms with Gasteiger partial charge in [-0.3, -0.25) is 4.79 Å². The largest absolute Gasteiger partial charge is 0.489 e. The minimum absolute atomic E-state index is 0.176. The fourth-order valence-electron chi connectivity index (χ4n) is 2.19. The maximum atomic E-state index is 12.5. The molecule has 0 saturated carbocycles. The molecular weight excluding hydrogens is 344 g/mol. The molecular formula is C22H22O5. The van der Waals surface area contributed by atoms with E-state index in [1.807, 2.05) is 50.3 Å². The SMILES string of the molecule is CC(C)=CCOc1ccc(C(=O)C=Cc2ccccc2)c(OCC(=O)O)c1. The van der Waals surface area contributed by atoms with Gasteiger partial charge in [0, 0.05) is 6.07 Å². The lowest BCUT2D eigenvalue weighted by Gasteiger charge is -2.11. The topological polar surface area (TPSA) is 72.8 Å². The predicted molar refractivity (Wildman–Crippen MR) is 104 cm³/mol. The highest BCUT2D eigenvalue weighted by molar-refractivity contribution is 6.08. The fourth-order valence-corrected chi connectivity index (χ4v) is 2.19. The molecule has 0 fully saturated rings. The van der Waals surface area contributed by atoms with Crippen molar-refractivity contribution in [2.75, 3.05) is 13.2 Å². The number of rotatable bonds is 9. The molecule has 0 unspecified atom stereocenters. The van der Waals surface area contributed by atoms with Gasteiger partial charge in [-0.2, -0.15) is 0 Å². The van der Waals surface area contributed by atoms with Gasteiger partial charge in [0.2, 0.25) is 0 Å². The zero-order valence-electron chi connectivity index (χ0n) is 15.3. The first-order valence-corrected chi connectivity index (χ1v) is 8.48. The van der Waals surface area contributed by atoms with E-state index >= 15 is 0 Å². The van der Waals surface area contributed by atoms with E-state index in [0.29, 0.717) is 12.4 Å². The molecule has 5 heteroatoms. The van der Waals surface area contributed by atoms with Crippen LogP contribution in [0.3, 0.4) is 0 Å². The van der Waals surface area contributed by atoms with Crippen LogP contribution in [-0.2, 0) is 4.79 Å². The van der Waals surface area contributed by atoms with Crippen molar-refractivity contribution in [3.63, 3.8) is 0 Å². The Bertz CT molecular complexity index is 846. The lowest BCUT2D eigenvalue weighted by Crippen LogP contribution is -2.12. The number of carboxylic acids is 1. The third-order valence-electron chi connectivity index (χ3n) is 3.54. The Morgan fingerprint density at radius 1 is 1.04 bits per heavy atom. The maximum absolute atomic E-state index is 12.5. The molecule has 0 atom stereocenters. The van der Waals surface area contributed by atoms with Crippen molar-refractivity contribution in [2.45, 2.75) is 13.8 Å². The Kier molecular flexibility index (Phi) is 7.37. The molecule has 0 spiro atoms. The van der Waals surface area contributed by atoms with Crippen LogP contribution in [0.2, 0.25) is 0 Å². The Morgan fingerprint density at radius 2 is 1.78 bits per heavy atom. The molecule has 27 heavy (non-hydrogen) atoms. The van der Waals surface area contributed by atoms with Crippen LogP contribution in [0.15, 0.2) is 66.3 Å². The average Bonchev–Trinajstić information content (AvgIpc) is 2.65. The number of carbonyl (C=O) groups is 2. The van der Waals surface area contributed by atoms with Crippen molar-refractivity contribution in [3.8, 4) is 11.5 Å². The summed E-state index contributed by atoms with van der Waals surface area (Å²) in [6.07, 6.45) is 5.05. The number of aliphatic carboxylic acids is 1. The summed E-state index contributed by atoms with van der Waals surface area (Å²) < 4.78 is 10.9. The van der Waals surface area contributed by atoms with E-state index < -0.39 is 12.6 Å². The number of benzene rings is 2. The van der Waals surface area contributed by atoms with Crippen molar-refractivity contribution in [2.24, 2.45) is 0 Å². The van der Waals surface area contributed by atoms with Crippen molar-refractivity contribution in [3.05, 3.63) is 77.4 Å².